The maximum atomic E-state index is 12.8. The van der Waals surface area contributed by atoms with Crippen LogP contribution >= 0.6 is 0 Å². The first-order valence-electron chi connectivity index (χ1n) is 8.85. The third-order valence-corrected chi connectivity index (χ3v) is 3.71. The summed E-state index contributed by atoms with van der Waals surface area (Å²) < 4.78 is 18.3. The molecule has 0 radical (unpaired) electrons. The Bertz CT molecular complexity index is 807. The van der Waals surface area contributed by atoms with E-state index >= 15 is 0 Å². The second kappa shape index (κ2) is 10.7. The minimum atomic E-state index is -0.608. The summed E-state index contributed by atoms with van der Waals surface area (Å²) in [5.41, 5.74) is 4.93. The highest BCUT2D eigenvalue weighted by Gasteiger charge is 2.10. The molecule has 0 saturated carbocycles. The van der Waals surface area contributed by atoms with Gasteiger partial charge in [0.15, 0.2) is 0 Å². The first-order valence-corrected chi connectivity index (χ1v) is 8.85. The second-order valence-electron chi connectivity index (χ2n) is 5.92. The van der Waals surface area contributed by atoms with Crippen molar-refractivity contribution in [3.8, 4) is 5.75 Å². The molecule has 0 aliphatic rings. The van der Waals surface area contributed by atoms with Crippen LogP contribution in [0.4, 0.5) is 4.39 Å². The number of hydrazine groups is 1. The molecule has 3 N–H and O–H groups in total. The van der Waals surface area contributed by atoms with Crippen molar-refractivity contribution in [3.63, 3.8) is 0 Å². The fourth-order valence-electron chi connectivity index (χ4n) is 2.14. The van der Waals surface area contributed by atoms with Crippen molar-refractivity contribution in [2.45, 2.75) is 19.8 Å². The van der Waals surface area contributed by atoms with Gasteiger partial charge in [0, 0.05) is 11.1 Å². The predicted octanol–water partition coefficient (Wildman–Crippen LogP) is 2.20. The molecule has 2 rings (SSSR count). The lowest BCUT2D eigenvalue weighted by Crippen LogP contribution is -2.46. The normalized spacial score (nSPS) is 10.1. The molecule has 0 heterocycles. The number of amides is 3. The van der Waals surface area contributed by atoms with Crippen LogP contribution in [0.1, 0.15) is 40.5 Å². The largest absolute Gasteiger partial charge is 0.494 e. The van der Waals surface area contributed by atoms with Crippen molar-refractivity contribution < 1.29 is 23.5 Å². The third-order valence-electron chi connectivity index (χ3n) is 3.71. The summed E-state index contributed by atoms with van der Waals surface area (Å²) in [4.78, 5) is 35.6. The van der Waals surface area contributed by atoms with E-state index in [1.165, 1.54) is 12.1 Å². The van der Waals surface area contributed by atoms with E-state index in [1.807, 2.05) is 0 Å². The summed E-state index contributed by atoms with van der Waals surface area (Å²) in [6.45, 7) is 2.37. The van der Waals surface area contributed by atoms with Crippen LogP contribution in [-0.2, 0) is 4.79 Å². The SMILES string of the molecule is CCCCOc1ccc(C(=O)NCC(=O)NNC(=O)c2ccc(F)cc2)cc1. The number of hydrogen-bond acceptors (Lipinski definition) is 4. The van der Waals surface area contributed by atoms with E-state index in [0.29, 0.717) is 17.9 Å². The molecule has 28 heavy (non-hydrogen) atoms. The molecule has 3 amide bonds. The Labute approximate surface area is 162 Å². The Morgan fingerprint density at radius 3 is 2.14 bits per heavy atom. The summed E-state index contributed by atoms with van der Waals surface area (Å²) >= 11 is 0. The van der Waals surface area contributed by atoms with E-state index in [2.05, 4.69) is 23.1 Å². The molecule has 7 nitrogen and oxygen atoms in total. The van der Waals surface area contributed by atoms with Crippen molar-refractivity contribution in [2.24, 2.45) is 0 Å². The molecular formula is C20H22FN3O4. The Morgan fingerprint density at radius 2 is 1.50 bits per heavy atom. The second-order valence-corrected chi connectivity index (χ2v) is 5.92. The van der Waals surface area contributed by atoms with Gasteiger partial charge in [-0.05, 0) is 55.0 Å². The number of halogens is 1. The monoisotopic (exact) mass is 387 g/mol. The average Bonchev–Trinajstić information content (AvgIpc) is 2.71. The van der Waals surface area contributed by atoms with E-state index in [1.54, 1.807) is 24.3 Å². The highest BCUT2D eigenvalue weighted by Crippen LogP contribution is 2.12. The lowest BCUT2D eigenvalue weighted by molar-refractivity contribution is -0.120. The molecule has 0 saturated heterocycles. The quantitative estimate of drug-likeness (QED) is 0.478. The number of nitrogens with one attached hydrogen (secondary N) is 3. The van der Waals surface area contributed by atoms with Gasteiger partial charge in [0.25, 0.3) is 17.7 Å². The fraction of sp³-hybridized carbons (Fsp3) is 0.250. The van der Waals surface area contributed by atoms with Gasteiger partial charge in [0.05, 0.1) is 13.2 Å². The topological polar surface area (TPSA) is 96.5 Å². The Kier molecular flexibility index (Phi) is 7.95. The molecular weight excluding hydrogens is 365 g/mol. The van der Waals surface area contributed by atoms with Crippen LogP contribution in [-0.4, -0.2) is 30.9 Å². The first kappa shape index (κ1) is 20.9. The third kappa shape index (κ3) is 6.71. The zero-order valence-corrected chi connectivity index (χ0v) is 15.5. The van der Waals surface area contributed by atoms with Gasteiger partial charge in [-0.3, -0.25) is 25.2 Å². The van der Waals surface area contributed by atoms with Crippen LogP contribution in [0.3, 0.4) is 0 Å². The predicted molar refractivity (Wildman–Crippen MR) is 101 cm³/mol. The number of rotatable bonds is 8. The minimum absolute atomic E-state index is 0.187. The Balaban J connectivity index is 1.73. The summed E-state index contributed by atoms with van der Waals surface area (Å²) in [5, 5.41) is 2.45. The van der Waals surface area contributed by atoms with Crippen molar-refractivity contribution in [1.82, 2.24) is 16.2 Å². The molecule has 148 valence electrons. The summed E-state index contributed by atoms with van der Waals surface area (Å²) in [6.07, 6.45) is 1.99. The highest BCUT2D eigenvalue weighted by molar-refractivity contribution is 5.98. The van der Waals surface area contributed by atoms with E-state index in [-0.39, 0.29) is 12.1 Å². The van der Waals surface area contributed by atoms with Crippen LogP contribution in [0.25, 0.3) is 0 Å². The molecule has 2 aromatic rings. The van der Waals surface area contributed by atoms with Crippen molar-refractivity contribution in [3.05, 3.63) is 65.5 Å². The van der Waals surface area contributed by atoms with Crippen LogP contribution < -0.4 is 20.9 Å². The lowest BCUT2D eigenvalue weighted by atomic mass is 10.2. The molecule has 0 aliphatic carbocycles. The van der Waals surface area contributed by atoms with Crippen LogP contribution in [0, 0.1) is 5.82 Å². The molecule has 0 spiro atoms. The van der Waals surface area contributed by atoms with Crippen molar-refractivity contribution in [2.75, 3.05) is 13.2 Å². The number of unbranched alkanes of at least 4 members (excludes halogenated alkanes) is 1. The maximum absolute atomic E-state index is 12.8. The Morgan fingerprint density at radius 1 is 0.893 bits per heavy atom. The van der Waals surface area contributed by atoms with E-state index in [0.717, 1.165) is 25.0 Å². The number of carbonyl (C=O) groups excluding carboxylic acids is 3. The lowest BCUT2D eigenvalue weighted by Gasteiger charge is -2.09. The van der Waals surface area contributed by atoms with Gasteiger partial charge < -0.3 is 10.1 Å². The molecule has 0 unspecified atom stereocenters. The Hall–Kier alpha value is -3.42. The zero-order chi connectivity index (χ0) is 20.4. The van der Waals surface area contributed by atoms with Crippen molar-refractivity contribution in [1.29, 1.82) is 0 Å². The van der Waals surface area contributed by atoms with Crippen molar-refractivity contribution >= 4 is 17.7 Å². The number of ether oxygens (including phenoxy) is 1. The van der Waals surface area contributed by atoms with E-state index in [4.69, 9.17) is 4.74 Å². The minimum Gasteiger partial charge on any atom is -0.494 e. The summed E-state index contributed by atoms with van der Waals surface area (Å²) in [5.74, 6) is -1.43. The smallest absolute Gasteiger partial charge is 0.269 e. The van der Waals surface area contributed by atoms with E-state index in [9.17, 15) is 18.8 Å². The zero-order valence-electron chi connectivity index (χ0n) is 15.5. The fourth-order valence-corrected chi connectivity index (χ4v) is 2.14. The number of benzene rings is 2. The first-order chi connectivity index (χ1) is 13.5. The summed E-state index contributed by atoms with van der Waals surface area (Å²) in [7, 11) is 0. The highest BCUT2D eigenvalue weighted by atomic mass is 19.1. The van der Waals surface area contributed by atoms with Gasteiger partial charge in [-0.2, -0.15) is 0 Å². The molecule has 0 aliphatic heterocycles. The van der Waals surface area contributed by atoms with Crippen LogP contribution in [0.5, 0.6) is 5.75 Å². The maximum Gasteiger partial charge on any atom is 0.269 e. The van der Waals surface area contributed by atoms with Gasteiger partial charge in [-0.1, -0.05) is 13.3 Å². The number of carbonyl (C=O) groups is 3. The summed E-state index contributed by atoms with van der Waals surface area (Å²) in [6, 6.07) is 11.4. The van der Waals surface area contributed by atoms with Gasteiger partial charge in [-0.25, -0.2) is 4.39 Å². The molecule has 0 atom stereocenters. The molecule has 0 fully saturated rings. The number of hydrogen-bond donors (Lipinski definition) is 3. The molecule has 0 bridgehead atoms. The van der Waals surface area contributed by atoms with Crippen LogP contribution in [0.2, 0.25) is 0 Å². The molecule has 0 aromatic heterocycles. The molecule has 8 heteroatoms. The van der Waals surface area contributed by atoms with Gasteiger partial charge in [0.2, 0.25) is 0 Å². The van der Waals surface area contributed by atoms with Gasteiger partial charge >= 0.3 is 0 Å². The van der Waals surface area contributed by atoms with E-state index < -0.39 is 23.5 Å². The van der Waals surface area contributed by atoms with Crippen LogP contribution in [0.15, 0.2) is 48.5 Å². The van der Waals surface area contributed by atoms with Gasteiger partial charge in [0.1, 0.15) is 11.6 Å². The van der Waals surface area contributed by atoms with Gasteiger partial charge in [-0.15, -0.1) is 0 Å². The molecule has 2 aromatic carbocycles. The standard InChI is InChI=1S/C20H22FN3O4/c1-2-3-12-28-17-10-6-14(7-11-17)19(26)22-13-18(25)23-24-20(27)15-4-8-16(21)9-5-15/h4-11H,2-3,12-13H2,1H3,(H,22,26)(H,23,25)(H,24,27). The average molecular weight is 387 g/mol.